The molecule has 0 aliphatic heterocycles. The number of benzene rings is 2. The van der Waals surface area contributed by atoms with Gasteiger partial charge in [0.05, 0.1) is 9.92 Å². The lowest BCUT2D eigenvalue weighted by atomic mass is 9.96. The van der Waals surface area contributed by atoms with Crippen LogP contribution in [-0.2, 0) is 14.8 Å². The molecule has 1 saturated carbocycles. The van der Waals surface area contributed by atoms with Crippen molar-refractivity contribution >= 4 is 33.2 Å². The molecule has 0 aromatic heterocycles. The van der Waals surface area contributed by atoms with Gasteiger partial charge in [-0.05, 0) is 55.7 Å². The molecule has 1 amide bonds. The summed E-state index contributed by atoms with van der Waals surface area (Å²) in [4.78, 5) is 12.2. The quantitative estimate of drug-likeness (QED) is 0.678. The van der Waals surface area contributed by atoms with Crippen molar-refractivity contribution in [1.29, 1.82) is 0 Å². The van der Waals surface area contributed by atoms with E-state index in [1.807, 2.05) is 25.1 Å². The number of sulfonamides is 1. The number of carbonyl (C=O) groups excluding carboxylic acids is 1. The first-order valence-corrected chi connectivity index (χ1v) is 11.5. The molecule has 2 aromatic carbocycles. The molecule has 6 nitrogen and oxygen atoms in total. The zero-order chi connectivity index (χ0) is 20.9. The minimum Gasteiger partial charge on any atom is -0.482 e. The molecule has 1 aliphatic carbocycles. The minimum atomic E-state index is -3.64. The number of ether oxygens (including phenoxy) is 1. The number of amides is 1. The van der Waals surface area contributed by atoms with Crippen LogP contribution >= 0.6 is 11.6 Å². The van der Waals surface area contributed by atoms with Gasteiger partial charge in [0, 0.05) is 11.7 Å². The van der Waals surface area contributed by atoms with Gasteiger partial charge in [0.2, 0.25) is 10.0 Å². The second kappa shape index (κ2) is 9.61. The fraction of sp³-hybridized carbons (Fsp3) is 0.381. The van der Waals surface area contributed by atoms with Crippen molar-refractivity contribution in [2.24, 2.45) is 0 Å². The second-order valence-electron chi connectivity index (χ2n) is 7.25. The number of nitrogens with one attached hydrogen (secondary N) is 2. The van der Waals surface area contributed by atoms with Crippen LogP contribution in [0.2, 0.25) is 5.02 Å². The van der Waals surface area contributed by atoms with Gasteiger partial charge in [0.25, 0.3) is 5.91 Å². The predicted molar refractivity (Wildman–Crippen MR) is 114 cm³/mol. The van der Waals surface area contributed by atoms with Gasteiger partial charge in [-0.25, -0.2) is 13.1 Å². The molecule has 2 N–H and O–H groups in total. The van der Waals surface area contributed by atoms with Crippen LogP contribution in [0, 0.1) is 6.92 Å². The summed E-state index contributed by atoms with van der Waals surface area (Å²) in [5.41, 5.74) is 1.71. The van der Waals surface area contributed by atoms with Crippen molar-refractivity contribution in [3.63, 3.8) is 0 Å². The van der Waals surface area contributed by atoms with Crippen molar-refractivity contribution in [2.45, 2.75) is 50.0 Å². The largest absolute Gasteiger partial charge is 0.482 e. The first kappa shape index (κ1) is 21.6. The average molecular weight is 437 g/mol. The van der Waals surface area contributed by atoms with Crippen LogP contribution in [0.3, 0.4) is 0 Å². The summed E-state index contributed by atoms with van der Waals surface area (Å²) in [5.74, 6) is -0.0787. The van der Waals surface area contributed by atoms with E-state index in [1.165, 1.54) is 18.2 Å². The number of hydrogen-bond acceptors (Lipinski definition) is 4. The van der Waals surface area contributed by atoms with Gasteiger partial charge in [-0.3, -0.25) is 4.79 Å². The Labute approximate surface area is 176 Å². The molecule has 0 saturated heterocycles. The van der Waals surface area contributed by atoms with Gasteiger partial charge in [-0.1, -0.05) is 43.0 Å². The van der Waals surface area contributed by atoms with E-state index >= 15 is 0 Å². The normalized spacial score (nSPS) is 15.1. The Bertz CT molecular complexity index is 972. The third-order valence-electron chi connectivity index (χ3n) is 4.80. The first-order valence-electron chi connectivity index (χ1n) is 9.65. The fourth-order valence-electron chi connectivity index (χ4n) is 3.34. The zero-order valence-electron chi connectivity index (χ0n) is 16.3. The smallest absolute Gasteiger partial charge is 0.262 e. The fourth-order valence-corrected chi connectivity index (χ4v) is 4.97. The number of carbonyl (C=O) groups is 1. The Morgan fingerprint density at radius 2 is 1.90 bits per heavy atom. The van der Waals surface area contributed by atoms with Crippen molar-refractivity contribution in [3.05, 3.63) is 53.1 Å². The number of aryl methyl sites for hydroxylation is 1. The Balaban J connectivity index is 1.59. The molecule has 0 spiro atoms. The van der Waals surface area contributed by atoms with E-state index in [2.05, 4.69) is 10.0 Å². The minimum absolute atomic E-state index is 0.0335. The van der Waals surface area contributed by atoms with Gasteiger partial charge >= 0.3 is 0 Å². The van der Waals surface area contributed by atoms with Crippen molar-refractivity contribution in [2.75, 3.05) is 11.9 Å². The average Bonchev–Trinajstić information content (AvgIpc) is 2.67. The standard InChI is InChI=1S/C21H25ClN2O4S/c1-15-6-5-9-17(12-15)23-21(25)14-28-20-11-10-18(13-19(20)22)29(26,27)24-16-7-3-2-4-8-16/h5-6,9-13,16,24H,2-4,7-8,14H2,1H3,(H,23,25). The lowest BCUT2D eigenvalue weighted by Crippen LogP contribution is -2.36. The summed E-state index contributed by atoms with van der Waals surface area (Å²) in [6, 6.07) is 11.6. The highest BCUT2D eigenvalue weighted by atomic mass is 35.5. The van der Waals surface area contributed by atoms with E-state index in [4.69, 9.17) is 16.3 Å². The summed E-state index contributed by atoms with van der Waals surface area (Å²) < 4.78 is 33.4. The summed E-state index contributed by atoms with van der Waals surface area (Å²) >= 11 is 6.19. The van der Waals surface area contributed by atoms with Crippen LogP contribution in [0.25, 0.3) is 0 Å². The van der Waals surface area contributed by atoms with E-state index in [0.717, 1.165) is 37.7 Å². The highest BCUT2D eigenvalue weighted by Crippen LogP contribution is 2.28. The Morgan fingerprint density at radius 3 is 2.59 bits per heavy atom. The number of rotatable bonds is 7. The topological polar surface area (TPSA) is 84.5 Å². The Kier molecular flexibility index (Phi) is 7.16. The van der Waals surface area contributed by atoms with Crippen LogP contribution in [0.5, 0.6) is 5.75 Å². The Hall–Kier alpha value is -2.09. The van der Waals surface area contributed by atoms with E-state index < -0.39 is 10.0 Å². The highest BCUT2D eigenvalue weighted by molar-refractivity contribution is 7.89. The van der Waals surface area contributed by atoms with Crippen molar-refractivity contribution < 1.29 is 17.9 Å². The number of anilines is 1. The molecule has 3 rings (SSSR count). The second-order valence-corrected chi connectivity index (χ2v) is 9.38. The molecule has 1 aliphatic rings. The van der Waals surface area contributed by atoms with Crippen LogP contribution in [0.1, 0.15) is 37.7 Å². The summed E-state index contributed by atoms with van der Waals surface area (Å²) in [5, 5.41) is 2.88. The summed E-state index contributed by atoms with van der Waals surface area (Å²) in [6.45, 7) is 1.70. The molecule has 29 heavy (non-hydrogen) atoms. The van der Waals surface area contributed by atoms with E-state index in [-0.39, 0.29) is 34.2 Å². The first-order chi connectivity index (χ1) is 13.8. The summed E-state index contributed by atoms with van der Waals surface area (Å²) in [7, 11) is -3.64. The maximum Gasteiger partial charge on any atom is 0.262 e. The lowest BCUT2D eigenvalue weighted by molar-refractivity contribution is -0.118. The van der Waals surface area contributed by atoms with Gasteiger partial charge < -0.3 is 10.1 Å². The molecule has 2 aromatic rings. The molecule has 0 heterocycles. The molecular formula is C21H25ClN2O4S. The van der Waals surface area contributed by atoms with Crippen LogP contribution < -0.4 is 14.8 Å². The molecule has 0 bridgehead atoms. The van der Waals surface area contributed by atoms with Crippen LogP contribution in [0.15, 0.2) is 47.4 Å². The predicted octanol–water partition coefficient (Wildman–Crippen LogP) is 4.28. The van der Waals surface area contributed by atoms with Crippen LogP contribution in [0.4, 0.5) is 5.69 Å². The van der Waals surface area contributed by atoms with Gasteiger partial charge in [-0.2, -0.15) is 0 Å². The van der Waals surface area contributed by atoms with Gasteiger partial charge in [0.1, 0.15) is 5.75 Å². The van der Waals surface area contributed by atoms with Gasteiger partial charge in [0.15, 0.2) is 6.61 Å². The third kappa shape index (κ3) is 6.19. The summed E-state index contributed by atoms with van der Waals surface area (Å²) in [6.07, 6.45) is 4.92. The molecule has 0 unspecified atom stereocenters. The maximum absolute atomic E-state index is 12.6. The highest BCUT2D eigenvalue weighted by Gasteiger charge is 2.22. The molecule has 0 radical (unpaired) electrons. The van der Waals surface area contributed by atoms with Crippen LogP contribution in [-0.4, -0.2) is 27.0 Å². The number of hydrogen-bond donors (Lipinski definition) is 2. The molecular weight excluding hydrogens is 412 g/mol. The van der Waals surface area contributed by atoms with E-state index in [1.54, 1.807) is 6.07 Å². The number of halogens is 1. The maximum atomic E-state index is 12.6. The third-order valence-corrected chi connectivity index (χ3v) is 6.61. The van der Waals surface area contributed by atoms with Crippen molar-refractivity contribution in [3.8, 4) is 5.75 Å². The monoisotopic (exact) mass is 436 g/mol. The molecule has 0 atom stereocenters. The zero-order valence-corrected chi connectivity index (χ0v) is 17.9. The van der Waals surface area contributed by atoms with E-state index in [0.29, 0.717) is 5.69 Å². The molecule has 1 fully saturated rings. The lowest BCUT2D eigenvalue weighted by Gasteiger charge is -2.22. The molecule has 156 valence electrons. The SMILES string of the molecule is Cc1cccc(NC(=O)COc2ccc(S(=O)(=O)NC3CCCCC3)cc2Cl)c1. The van der Waals surface area contributed by atoms with Crippen molar-refractivity contribution in [1.82, 2.24) is 4.72 Å². The Morgan fingerprint density at radius 1 is 1.14 bits per heavy atom. The van der Waals surface area contributed by atoms with E-state index in [9.17, 15) is 13.2 Å². The molecule has 8 heteroatoms. The van der Waals surface area contributed by atoms with Gasteiger partial charge in [-0.15, -0.1) is 0 Å².